The summed E-state index contributed by atoms with van der Waals surface area (Å²) < 4.78 is 16.7. The second-order valence-electron chi connectivity index (χ2n) is 8.90. The van der Waals surface area contributed by atoms with Crippen molar-refractivity contribution in [3.63, 3.8) is 0 Å². The maximum atomic E-state index is 13.7. The molecule has 4 rings (SSSR count). The van der Waals surface area contributed by atoms with Gasteiger partial charge in [-0.25, -0.2) is 0 Å². The van der Waals surface area contributed by atoms with Crippen LogP contribution in [0.1, 0.15) is 24.5 Å². The first-order valence-electron chi connectivity index (χ1n) is 12.7. The molecular weight excluding hydrogens is 484 g/mol. The van der Waals surface area contributed by atoms with Crippen LogP contribution in [-0.2, 0) is 36.9 Å². The number of para-hydroxylation sites is 2. The van der Waals surface area contributed by atoms with Crippen molar-refractivity contribution in [3.05, 3.63) is 96.1 Å². The number of carbonyl (C=O) groups is 3. The molecule has 1 N–H and O–H groups in total. The Morgan fingerprint density at radius 1 is 0.947 bits per heavy atom. The first-order chi connectivity index (χ1) is 18.5. The first kappa shape index (κ1) is 26.9. The Morgan fingerprint density at radius 3 is 2.32 bits per heavy atom. The zero-order valence-electron chi connectivity index (χ0n) is 21.4. The average molecular weight is 517 g/mol. The Balaban J connectivity index is 1.49. The summed E-state index contributed by atoms with van der Waals surface area (Å²) in [5.74, 6) is -0.908. The molecule has 1 heterocycles. The maximum Gasteiger partial charge on any atom is 0.326 e. The van der Waals surface area contributed by atoms with Crippen molar-refractivity contribution in [3.8, 4) is 5.75 Å². The fourth-order valence-corrected chi connectivity index (χ4v) is 4.26. The van der Waals surface area contributed by atoms with Gasteiger partial charge in [-0.15, -0.1) is 0 Å². The Labute approximate surface area is 222 Å². The Kier molecular flexibility index (Phi) is 9.48. The molecule has 1 unspecified atom stereocenters. The number of esters is 2. The third-order valence-corrected chi connectivity index (χ3v) is 6.19. The van der Waals surface area contributed by atoms with Gasteiger partial charge in [0, 0.05) is 0 Å². The van der Waals surface area contributed by atoms with Crippen molar-refractivity contribution in [1.29, 1.82) is 0 Å². The van der Waals surface area contributed by atoms with Crippen LogP contribution < -0.4 is 15.0 Å². The van der Waals surface area contributed by atoms with Crippen molar-refractivity contribution in [1.82, 2.24) is 5.32 Å². The summed E-state index contributed by atoms with van der Waals surface area (Å²) >= 11 is 0. The molecule has 3 aromatic carbocycles. The summed E-state index contributed by atoms with van der Waals surface area (Å²) in [6.45, 7) is 1.77. The smallest absolute Gasteiger partial charge is 0.326 e. The van der Waals surface area contributed by atoms with E-state index < -0.39 is 24.0 Å². The van der Waals surface area contributed by atoms with Crippen LogP contribution in [0.4, 0.5) is 5.69 Å². The molecule has 0 bridgehead atoms. The predicted molar refractivity (Wildman–Crippen MR) is 143 cm³/mol. The summed E-state index contributed by atoms with van der Waals surface area (Å²) in [6, 6.07) is 24.5. The molecule has 198 valence electrons. The zero-order valence-corrected chi connectivity index (χ0v) is 21.4. The fourth-order valence-electron chi connectivity index (χ4n) is 4.26. The first-order valence-corrected chi connectivity index (χ1v) is 12.7. The SMILES string of the molecule is CCOC(=O)[C@H](CCc1ccccc1)NC1COc2ccccc2N(CC(=O)OCc2ccccc2)C1=O. The number of amides is 1. The van der Waals surface area contributed by atoms with Gasteiger partial charge in [0.25, 0.3) is 0 Å². The molecule has 0 saturated heterocycles. The van der Waals surface area contributed by atoms with E-state index in [0.29, 0.717) is 24.3 Å². The Hall–Kier alpha value is -4.17. The van der Waals surface area contributed by atoms with E-state index in [9.17, 15) is 14.4 Å². The Bertz CT molecular complexity index is 1220. The summed E-state index contributed by atoms with van der Waals surface area (Å²) in [6.07, 6.45) is 1.05. The molecule has 0 aromatic heterocycles. The lowest BCUT2D eigenvalue weighted by Crippen LogP contribution is -2.55. The lowest BCUT2D eigenvalue weighted by molar-refractivity contribution is -0.147. The lowest BCUT2D eigenvalue weighted by atomic mass is 10.0. The van der Waals surface area contributed by atoms with Crippen LogP contribution in [0.2, 0.25) is 0 Å². The Morgan fingerprint density at radius 2 is 1.61 bits per heavy atom. The van der Waals surface area contributed by atoms with E-state index in [0.717, 1.165) is 11.1 Å². The minimum Gasteiger partial charge on any atom is -0.489 e. The highest BCUT2D eigenvalue weighted by Gasteiger charge is 2.35. The molecule has 2 atom stereocenters. The molecular formula is C30H32N2O6. The number of nitrogens with one attached hydrogen (secondary N) is 1. The van der Waals surface area contributed by atoms with Gasteiger partial charge in [0.2, 0.25) is 5.91 Å². The number of hydrogen-bond donors (Lipinski definition) is 1. The van der Waals surface area contributed by atoms with E-state index in [4.69, 9.17) is 14.2 Å². The van der Waals surface area contributed by atoms with E-state index in [1.54, 1.807) is 31.2 Å². The number of carbonyl (C=O) groups excluding carboxylic acids is 3. The van der Waals surface area contributed by atoms with Gasteiger partial charge in [0.05, 0.1) is 12.3 Å². The highest BCUT2D eigenvalue weighted by molar-refractivity contribution is 6.02. The number of nitrogens with zero attached hydrogens (tertiary/aromatic N) is 1. The second kappa shape index (κ2) is 13.4. The molecule has 38 heavy (non-hydrogen) atoms. The van der Waals surface area contributed by atoms with E-state index >= 15 is 0 Å². The predicted octanol–water partition coefficient (Wildman–Crippen LogP) is 3.68. The minimum absolute atomic E-state index is 0.00729. The number of aryl methyl sites for hydroxylation is 1. The number of fused-ring (bicyclic) bond motifs is 1. The normalized spacial score (nSPS) is 15.6. The van der Waals surface area contributed by atoms with Crippen LogP contribution in [0.5, 0.6) is 5.75 Å². The molecule has 3 aromatic rings. The van der Waals surface area contributed by atoms with Gasteiger partial charge < -0.3 is 14.2 Å². The second-order valence-corrected chi connectivity index (χ2v) is 8.90. The lowest BCUT2D eigenvalue weighted by Gasteiger charge is -2.26. The standard InChI is InChI=1S/C30H32N2O6/c1-2-36-30(35)24(18-17-22-11-5-3-6-12-22)31-25-21-37-27-16-10-9-15-26(27)32(29(25)34)19-28(33)38-20-23-13-7-4-8-14-23/h3-16,24-25,31H,2,17-21H2,1H3/t24-,25?/m0/s1. The third kappa shape index (κ3) is 7.20. The van der Waals surface area contributed by atoms with Gasteiger partial charge >= 0.3 is 11.9 Å². The summed E-state index contributed by atoms with van der Waals surface area (Å²) in [7, 11) is 0. The van der Waals surface area contributed by atoms with Crippen LogP contribution in [0.15, 0.2) is 84.9 Å². The number of anilines is 1. The van der Waals surface area contributed by atoms with Crippen molar-refractivity contribution in [2.24, 2.45) is 0 Å². The van der Waals surface area contributed by atoms with Gasteiger partial charge in [-0.05, 0) is 43.0 Å². The van der Waals surface area contributed by atoms with E-state index in [-0.39, 0.29) is 32.3 Å². The zero-order chi connectivity index (χ0) is 26.7. The summed E-state index contributed by atoms with van der Waals surface area (Å²) in [5, 5.41) is 3.15. The van der Waals surface area contributed by atoms with Gasteiger partial charge in [0.15, 0.2) is 0 Å². The van der Waals surface area contributed by atoms with Gasteiger partial charge in [-0.1, -0.05) is 72.8 Å². The van der Waals surface area contributed by atoms with Crippen molar-refractivity contribution >= 4 is 23.5 Å². The fraction of sp³-hybridized carbons (Fsp3) is 0.300. The van der Waals surface area contributed by atoms with Crippen LogP contribution >= 0.6 is 0 Å². The van der Waals surface area contributed by atoms with Gasteiger partial charge in [-0.3, -0.25) is 24.6 Å². The number of benzene rings is 3. The number of hydrogen-bond acceptors (Lipinski definition) is 7. The molecule has 0 fully saturated rings. The maximum absolute atomic E-state index is 13.7. The van der Waals surface area contributed by atoms with E-state index in [1.807, 2.05) is 60.7 Å². The van der Waals surface area contributed by atoms with Crippen molar-refractivity contribution in [2.45, 2.75) is 38.5 Å². The quantitative estimate of drug-likeness (QED) is 0.389. The molecule has 0 saturated carbocycles. The van der Waals surface area contributed by atoms with Crippen molar-refractivity contribution < 1.29 is 28.6 Å². The molecule has 0 radical (unpaired) electrons. The molecule has 8 nitrogen and oxygen atoms in total. The van der Waals surface area contributed by atoms with Crippen LogP contribution in [0, 0.1) is 0 Å². The number of rotatable bonds is 11. The third-order valence-electron chi connectivity index (χ3n) is 6.19. The highest BCUT2D eigenvalue weighted by atomic mass is 16.5. The van der Waals surface area contributed by atoms with E-state index in [1.165, 1.54) is 4.90 Å². The van der Waals surface area contributed by atoms with Gasteiger partial charge in [0.1, 0.15) is 37.6 Å². The summed E-state index contributed by atoms with van der Waals surface area (Å²) in [4.78, 5) is 40.7. The molecule has 0 spiro atoms. The molecule has 1 amide bonds. The highest BCUT2D eigenvalue weighted by Crippen LogP contribution is 2.31. The molecule has 8 heteroatoms. The average Bonchev–Trinajstić information content (AvgIpc) is 3.07. The van der Waals surface area contributed by atoms with Crippen LogP contribution in [0.25, 0.3) is 0 Å². The summed E-state index contributed by atoms with van der Waals surface area (Å²) in [5.41, 5.74) is 2.39. The topological polar surface area (TPSA) is 94.2 Å². The largest absolute Gasteiger partial charge is 0.489 e. The van der Waals surface area contributed by atoms with E-state index in [2.05, 4.69) is 5.32 Å². The number of ether oxygens (including phenoxy) is 3. The molecule has 1 aliphatic heterocycles. The monoisotopic (exact) mass is 516 g/mol. The molecule has 0 aliphatic carbocycles. The van der Waals surface area contributed by atoms with Crippen LogP contribution in [0.3, 0.4) is 0 Å². The van der Waals surface area contributed by atoms with Gasteiger partial charge in [-0.2, -0.15) is 0 Å². The minimum atomic E-state index is -0.880. The molecule has 1 aliphatic rings. The van der Waals surface area contributed by atoms with Crippen molar-refractivity contribution in [2.75, 3.05) is 24.7 Å². The van der Waals surface area contributed by atoms with Crippen LogP contribution in [-0.4, -0.2) is 49.7 Å².